The first-order chi connectivity index (χ1) is 5.33. The van der Waals surface area contributed by atoms with Gasteiger partial charge in [0.1, 0.15) is 6.23 Å². The predicted octanol–water partition coefficient (Wildman–Crippen LogP) is 1.61. The molecule has 11 heavy (non-hydrogen) atoms. The molecule has 2 rings (SSSR count). The Morgan fingerprint density at radius 2 is 2.45 bits per heavy atom. The first kappa shape index (κ1) is 7.56. The first-order valence-corrected chi connectivity index (χ1v) is 4.74. The standard InChI is InChI=1S/C9H17NO/c1-3-7(2)10-6-4-5-8-9(10)11-8/h7-9H,3-6H2,1-2H3. The second-order valence-electron chi connectivity index (χ2n) is 3.70. The number of piperidine rings is 1. The second-order valence-corrected chi connectivity index (χ2v) is 3.70. The molecule has 0 N–H and O–H groups in total. The highest BCUT2D eigenvalue weighted by Gasteiger charge is 2.46. The van der Waals surface area contributed by atoms with E-state index in [1.807, 2.05) is 0 Å². The van der Waals surface area contributed by atoms with Crippen molar-refractivity contribution in [3.63, 3.8) is 0 Å². The number of epoxide rings is 1. The highest BCUT2D eigenvalue weighted by Crippen LogP contribution is 2.35. The van der Waals surface area contributed by atoms with E-state index in [2.05, 4.69) is 18.7 Å². The van der Waals surface area contributed by atoms with Crippen LogP contribution in [0.3, 0.4) is 0 Å². The average molecular weight is 155 g/mol. The Kier molecular flexibility index (Phi) is 1.90. The average Bonchev–Trinajstić information content (AvgIpc) is 2.80. The smallest absolute Gasteiger partial charge is 0.137 e. The summed E-state index contributed by atoms with van der Waals surface area (Å²) in [7, 11) is 0. The van der Waals surface area contributed by atoms with Crippen molar-refractivity contribution in [2.24, 2.45) is 0 Å². The Balaban J connectivity index is 1.92. The summed E-state index contributed by atoms with van der Waals surface area (Å²) in [6, 6.07) is 0.713. The van der Waals surface area contributed by atoms with Crippen LogP contribution in [-0.2, 0) is 4.74 Å². The Morgan fingerprint density at radius 3 is 3.18 bits per heavy atom. The molecule has 3 atom stereocenters. The van der Waals surface area contributed by atoms with Gasteiger partial charge >= 0.3 is 0 Å². The van der Waals surface area contributed by atoms with Gasteiger partial charge in [-0.1, -0.05) is 6.92 Å². The van der Waals surface area contributed by atoms with Crippen molar-refractivity contribution in [3.8, 4) is 0 Å². The number of hydrogen-bond acceptors (Lipinski definition) is 2. The third-order valence-corrected chi connectivity index (χ3v) is 2.94. The highest BCUT2D eigenvalue weighted by molar-refractivity contribution is 4.91. The highest BCUT2D eigenvalue weighted by atomic mass is 16.6. The van der Waals surface area contributed by atoms with Gasteiger partial charge in [0.05, 0.1) is 6.10 Å². The largest absolute Gasteiger partial charge is 0.353 e. The van der Waals surface area contributed by atoms with E-state index in [0.717, 1.165) is 0 Å². The molecule has 2 heteroatoms. The zero-order valence-electron chi connectivity index (χ0n) is 7.42. The molecule has 0 saturated carbocycles. The Bertz CT molecular complexity index is 146. The van der Waals surface area contributed by atoms with Crippen LogP contribution in [0.2, 0.25) is 0 Å². The molecule has 0 aromatic rings. The van der Waals surface area contributed by atoms with E-state index < -0.39 is 0 Å². The minimum atomic E-state index is 0.499. The van der Waals surface area contributed by atoms with Crippen molar-refractivity contribution in [1.29, 1.82) is 0 Å². The van der Waals surface area contributed by atoms with Crippen LogP contribution in [0.25, 0.3) is 0 Å². The summed E-state index contributed by atoms with van der Waals surface area (Å²) in [4.78, 5) is 2.51. The summed E-state index contributed by atoms with van der Waals surface area (Å²) < 4.78 is 5.54. The first-order valence-electron chi connectivity index (χ1n) is 4.74. The lowest BCUT2D eigenvalue weighted by molar-refractivity contribution is 0.126. The van der Waals surface area contributed by atoms with Crippen molar-refractivity contribution < 1.29 is 4.74 Å². The molecule has 3 unspecified atom stereocenters. The number of rotatable bonds is 2. The maximum atomic E-state index is 5.54. The fraction of sp³-hybridized carbons (Fsp3) is 1.00. The van der Waals surface area contributed by atoms with Gasteiger partial charge in [-0.25, -0.2) is 0 Å². The topological polar surface area (TPSA) is 15.8 Å². The fourth-order valence-electron chi connectivity index (χ4n) is 1.94. The minimum Gasteiger partial charge on any atom is -0.353 e. The Morgan fingerprint density at radius 1 is 1.64 bits per heavy atom. The van der Waals surface area contributed by atoms with Crippen LogP contribution in [0, 0.1) is 0 Å². The lowest BCUT2D eigenvalue weighted by Gasteiger charge is -2.28. The lowest BCUT2D eigenvalue weighted by atomic mass is 10.1. The number of hydrogen-bond donors (Lipinski definition) is 0. The summed E-state index contributed by atoms with van der Waals surface area (Å²) in [5, 5.41) is 0. The summed E-state index contributed by atoms with van der Waals surface area (Å²) >= 11 is 0. The number of fused-ring (bicyclic) bond motifs is 1. The zero-order valence-corrected chi connectivity index (χ0v) is 7.42. The molecule has 0 radical (unpaired) electrons. The predicted molar refractivity (Wildman–Crippen MR) is 44.4 cm³/mol. The van der Waals surface area contributed by atoms with Crippen LogP contribution in [-0.4, -0.2) is 29.8 Å². The van der Waals surface area contributed by atoms with Crippen LogP contribution in [0.5, 0.6) is 0 Å². The Hall–Kier alpha value is -0.0800. The molecule has 2 heterocycles. The lowest BCUT2D eigenvalue weighted by Crippen LogP contribution is -2.39. The zero-order chi connectivity index (χ0) is 7.84. The van der Waals surface area contributed by atoms with Crippen molar-refractivity contribution >= 4 is 0 Å². The number of likely N-dealkylation sites (tertiary alicyclic amines) is 1. The van der Waals surface area contributed by atoms with Gasteiger partial charge < -0.3 is 4.74 Å². The quantitative estimate of drug-likeness (QED) is 0.563. The molecule has 0 spiro atoms. The van der Waals surface area contributed by atoms with E-state index in [1.165, 1.54) is 25.8 Å². The molecule has 2 aliphatic rings. The van der Waals surface area contributed by atoms with E-state index in [0.29, 0.717) is 18.4 Å². The van der Waals surface area contributed by atoms with Crippen molar-refractivity contribution in [2.75, 3.05) is 6.54 Å². The van der Waals surface area contributed by atoms with Crippen LogP contribution < -0.4 is 0 Å². The molecular formula is C9H17NO. The van der Waals surface area contributed by atoms with E-state index in [9.17, 15) is 0 Å². The molecular weight excluding hydrogens is 138 g/mol. The van der Waals surface area contributed by atoms with Crippen molar-refractivity contribution in [1.82, 2.24) is 4.90 Å². The maximum absolute atomic E-state index is 5.54. The minimum absolute atomic E-state index is 0.499. The van der Waals surface area contributed by atoms with E-state index in [4.69, 9.17) is 4.74 Å². The number of nitrogens with zero attached hydrogens (tertiary/aromatic N) is 1. The molecule has 0 aromatic heterocycles. The van der Waals surface area contributed by atoms with Gasteiger partial charge in [-0.05, 0) is 26.2 Å². The third-order valence-electron chi connectivity index (χ3n) is 2.94. The molecule has 2 nitrogen and oxygen atoms in total. The molecule has 0 amide bonds. The van der Waals surface area contributed by atoms with Gasteiger partial charge in [0.25, 0.3) is 0 Å². The Labute approximate surface area is 68.5 Å². The van der Waals surface area contributed by atoms with E-state index in [1.54, 1.807) is 0 Å². The third kappa shape index (κ3) is 1.30. The van der Waals surface area contributed by atoms with Crippen LogP contribution in [0.1, 0.15) is 33.1 Å². The maximum Gasteiger partial charge on any atom is 0.137 e. The van der Waals surface area contributed by atoms with Crippen molar-refractivity contribution in [2.45, 2.75) is 51.5 Å². The van der Waals surface area contributed by atoms with Gasteiger partial charge in [-0.15, -0.1) is 0 Å². The molecule has 0 bridgehead atoms. The molecule has 0 aliphatic carbocycles. The fourth-order valence-corrected chi connectivity index (χ4v) is 1.94. The van der Waals surface area contributed by atoms with Crippen molar-refractivity contribution in [3.05, 3.63) is 0 Å². The van der Waals surface area contributed by atoms with Crippen LogP contribution in [0.15, 0.2) is 0 Å². The molecule has 2 aliphatic heterocycles. The second kappa shape index (κ2) is 2.76. The monoisotopic (exact) mass is 155 g/mol. The molecule has 2 fully saturated rings. The van der Waals surface area contributed by atoms with Gasteiger partial charge in [-0.3, -0.25) is 4.90 Å². The van der Waals surface area contributed by atoms with Gasteiger partial charge in [-0.2, -0.15) is 0 Å². The van der Waals surface area contributed by atoms with E-state index in [-0.39, 0.29) is 0 Å². The van der Waals surface area contributed by atoms with E-state index >= 15 is 0 Å². The van der Waals surface area contributed by atoms with Gasteiger partial charge in [0, 0.05) is 12.6 Å². The molecule has 64 valence electrons. The number of ether oxygens (including phenoxy) is 1. The summed E-state index contributed by atoms with van der Waals surface area (Å²) in [5.41, 5.74) is 0. The summed E-state index contributed by atoms with van der Waals surface area (Å²) in [6.45, 7) is 5.79. The normalized spacial score (nSPS) is 39.8. The molecule has 0 aromatic carbocycles. The molecule has 2 saturated heterocycles. The SMILES string of the molecule is CCC(C)N1CCCC2OC21. The van der Waals surface area contributed by atoms with Crippen LogP contribution >= 0.6 is 0 Å². The van der Waals surface area contributed by atoms with Gasteiger partial charge in [0.15, 0.2) is 0 Å². The van der Waals surface area contributed by atoms with Crippen LogP contribution in [0.4, 0.5) is 0 Å². The van der Waals surface area contributed by atoms with Gasteiger partial charge in [0.2, 0.25) is 0 Å². The summed E-state index contributed by atoms with van der Waals surface area (Å²) in [6.07, 6.45) is 4.95. The summed E-state index contributed by atoms with van der Waals surface area (Å²) in [5.74, 6) is 0.